The first-order valence-electron chi connectivity index (χ1n) is 22.1. The van der Waals surface area contributed by atoms with Gasteiger partial charge in [-0.1, -0.05) is 206 Å². The van der Waals surface area contributed by atoms with Gasteiger partial charge in [0.1, 0.15) is 0 Å². The van der Waals surface area contributed by atoms with E-state index in [1.165, 1.54) is 132 Å². The number of fused-ring (bicyclic) bond motifs is 16. The molecule has 0 N–H and O–H groups in total. The van der Waals surface area contributed by atoms with Gasteiger partial charge >= 0.3 is 0 Å². The molecule has 0 bridgehead atoms. The van der Waals surface area contributed by atoms with Crippen LogP contribution in [0.5, 0.6) is 0 Å². The molecule has 0 atom stereocenters. The summed E-state index contributed by atoms with van der Waals surface area (Å²) in [7, 11) is 0. The second-order valence-corrected chi connectivity index (χ2v) is 17.5. The molecule has 0 saturated carbocycles. The molecule has 0 heterocycles. The Labute approximate surface area is 366 Å². The fourth-order valence-electron chi connectivity index (χ4n) is 11.8. The zero-order valence-electron chi connectivity index (χ0n) is 34.4. The second kappa shape index (κ2) is 13.0. The zero-order chi connectivity index (χ0) is 41.2. The Balaban J connectivity index is 0.980. The summed E-state index contributed by atoms with van der Waals surface area (Å²) in [6.45, 7) is 0. The molecular formula is C63H38. The third-order valence-corrected chi connectivity index (χ3v) is 14.4. The smallest absolute Gasteiger partial charge is 0.0619 e. The highest BCUT2D eigenvalue weighted by molar-refractivity contribution is 6.22. The van der Waals surface area contributed by atoms with E-state index in [1.807, 2.05) is 0 Å². The van der Waals surface area contributed by atoms with E-state index in [9.17, 15) is 0 Å². The second-order valence-electron chi connectivity index (χ2n) is 17.5. The molecule has 14 rings (SSSR count). The minimum absolute atomic E-state index is 0.437. The van der Waals surface area contributed by atoms with Crippen LogP contribution in [0.1, 0.15) is 22.3 Å². The summed E-state index contributed by atoms with van der Waals surface area (Å²) >= 11 is 0. The standard InChI is InChI=1S/C63H38/c1-2-15-43-35-44(30-27-39(43)13-1)40-25-28-42(29-26-40)60-51-19-5-7-21-53(51)61(54-22-8-6-20-52(54)60)46-32-31-45-37-56-55-34-33-41-14-3-4-16-48(41)62(55)63(59(56)38-47(45)36-46)57-23-11-9-17-49(57)50-18-10-12-24-58(50)63/h1-38H. The molecule has 0 aromatic heterocycles. The van der Waals surface area contributed by atoms with Gasteiger partial charge in [-0.25, -0.2) is 0 Å². The van der Waals surface area contributed by atoms with E-state index in [2.05, 4.69) is 231 Å². The van der Waals surface area contributed by atoms with E-state index in [1.54, 1.807) is 0 Å². The largest absolute Gasteiger partial charge is 0.0731 e. The average Bonchev–Trinajstić information content (AvgIpc) is 3.81. The minimum Gasteiger partial charge on any atom is -0.0619 e. The van der Waals surface area contributed by atoms with Crippen molar-refractivity contribution >= 4 is 53.9 Å². The summed E-state index contributed by atoms with van der Waals surface area (Å²) in [5, 5.41) is 12.7. The summed E-state index contributed by atoms with van der Waals surface area (Å²) in [4.78, 5) is 0. The quantitative estimate of drug-likeness (QED) is 0.156. The molecule has 1 spiro atoms. The summed E-state index contributed by atoms with van der Waals surface area (Å²) in [5.41, 5.74) is 17.9. The Morgan fingerprint density at radius 2 is 0.683 bits per heavy atom. The van der Waals surface area contributed by atoms with Crippen LogP contribution >= 0.6 is 0 Å². The third kappa shape index (κ3) is 4.75. The Morgan fingerprint density at radius 3 is 1.37 bits per heavy atom. The number of hydrogen-bond donors (Lipinski definition) is 0. The lowest BCUT2D eigenvalue weighted by molar-refractivity contribution is 0.802. The van der Waals surface area contributed by atoms with E-state index in [0.717, 1.165) is 0 Å². The van der Waals surface area contributed by atoms with Crippen molar-refractivity contribution in [2.45, 2.75) is 5.41 Å². The molecular weight excluding hydrogens is 757 g/mol. The molecule has 63 heavy (non-hydrogen) atoms. The van der Waals surface area contributed by atoms with Crippen molar-refractivity contribution in [1.29, 1.82) is 0 Å². The number of hydrogen-bond acceptors (Lipinski definition) is 0. The molecule has 2 aliphatic rings. The van der Waals surface area contributed by atoms with Crippen molar-refractivity contribution in [3.05, 3.63) is 253 Å². The van der Waals surface area contributed by atoms with Gasteiger partial charge < -0.3 is 0 Å². The molecule has 290 valence electrons. The van der Waals surface area contributed by atoms with Crippen LogP contribution < -0.4 is 0 Å². The summed E-state index contributed by atoms with van der Waals surface area (Å²) in [5.74, 6) is 0. The molecule has 12 aromatic rings. The number of rotatable bonds is 3. The van der Waals surface area contributed by atoms with Gasteiger partial charge in [0.15, 0.2) is 0 Å². The van der Waals surface area contributed by atoms with Gasteiger partial charge in [0.05, 0.1) is 5.41 Å². The Morgan fingerprint density at radius 1 is 0.222 bits per heavy atom. The van der Waals surface area contributed by atoms with Crippen LogP contribution in [0.4, 0.5) is 0 Å². The minimum atomic E-state index is -0.437. The monoisotopic (exact) mass is 794 g/mol. The fraction of sp³-hybridized carbons (Fsp3) is 0.0159. The lowest BCUT2D eigenvalue weighted by atomic mass is 9.69. The average molecular weight is 795 g/mol. The van der Waals surface area contributed by atoms with Gasteiger partial charge in [0, 0.05) is 0 Å². The number of benzene rings is 12. The molecule has 0 amide bonds. The summed E-state index contributed by atoms with van der Waals surface area (Å²) < 4.78 is 0. The topological polar surface area (TPSA) is 0 Å². The SMILES string of the molecule is c1ccc2c(c1)-c1ccccc1C21c2cc3cc(-c4c5ccccc5c(-c5ccc(-c6ccc7ccccc7c6)cc5)c5ccccc45)ccc3cc2-c2ccc3ccccc3c21. The molecule has 0 heteroatoms. The first-order chi connectivity index (χ1) is 31.2. The zero-order valence-corrected chi connectivity index (χ0v) is 34.4. The van der Waals surface area contributed by atoms with Gasteiger partial charge in [-0.05, 0) is 156 Å². The third-order valence-electron chi connectivity index (χ3n) is 14.4. The van der Waals surface area contributed by atoms with Crippen molar-refractivity contribution in [2.24, 2.45) is 0 Å². The Bertz CT molecular complexity index is 3800. The highest BCUT2D eigenvalue weighted by Crippen LogP contribution is 2.64. The maximum absolute atomic E-state index is 2.54. The van der Waals surface area contributed by atoms with Gasteiger partial charge in [-0.15, -0.1) is 0 Å². The summed E-state index contributed by atoms with van der Waals surface area (Å²) in [6, 6.07) is 86.7. The van der Waals surface area contributed by atoms with E-state index in [4.69, 9.17) is 0 Å². The van der Waals surface area contributed by atoms with E-state index in [-0.39, 0.29) is 0 Å². The fourth-order valence-corrected chi connectivity index (χ4v) is 11.8. The predicted octanol–water partition coefficient (Wildman–Crippen LogP) is 16.8. The van der Waals surface area contributed by atoms with Crippen molar-refractivity contribution < 1.29 is 0 Å². The van der Waals surface area contributed by atoms with E-state index < -0.39 is 5.41 Å². The van der Waals surface area contributed by atoms with Crippen molar-refractivity contribution in [3.63, 3.8) is 0 Å². The first kappa shape index (κ1) is 34.6. The van der Waals surface area contributed by atoms with Gasteiger partial charge in [-0.3, -0.25) is 0 Å². The van der Waals surface area contributed by atoms with Crippen LogP contribution in [0, 0.1) is 0 Å². The molecule has 0 saturated heterocycles. The maximum atomic E-state index is 2.54. The predicted molar refractivity (Wildman–Crippen MR) is 267 cm³/mol. The van der Waals surface area contributed by atoms with E-state index >= 15 is 0 Å². The van der Waals surface area contributed by atoms with E-state index in [0.29, 0.717) is 0 Å². The lowest BCUT2D eigenvalue weighted by Gasteiger charge is -2.31. The first-order valence-corrected chi connectivity index (χ1v) is 22.1. The molecule has 0 aliphatic heterocycles. The molecule has 0 unspecified atom stereocenters. The highest BCUT2D eigenvalue weighted by atomic mass is 14.5. The van der Waals surface area contributed by atoms with Crippen LogP contribution in [0.3, 0.4) is 0 Å². The molecule has 0 fully saturated rings. The Kier molecular flexibility index (Phi) is 7.13. The molecule has 12 aromatic carbocycles. The van der Waals surface area contributed by atoms with Crippen molar-refractivity contribution in [1.82, 2.24) is 0 Å². The van der Waals surface area contributed by atoms with Crippen LogP contribution in [0.15, 0.2) is 231 Å². The normalized spacial score (nSPS) is 13.2. The Hall–Kier alpha value is -8.06. The summed E-state index contributed by atoms with van der Waals surface area (Å²) in [6.07, 6.45) is 0. The van der Waals surface area contributed by atoms with Crippen molar-refractivity contribution in [3.8, 4) is 55.6 Å². The molecule has 0 radical (unpaired) electrons. The molecule has 2 aliphatic carbocycles. The van der Waals surface area contributed by atoms with Gasteiger partial charge in [0.2, 0.25) is 0 Å². The van der Waals surface area contributed by atoms with Crippen LogP contribution in [0.2, 0.25) is 0 Å². The molecule has 0 nitrogen and oxygen atoms in total. The highest BCUT2D eigenvalue weighted by Gasteiger charge is 2.52. The maximum Gasteiger partial charge on any atom is 0.0731 e. The van der Waals surface area contributed by atoms with Gasteiger partial charge in [-0.2, -0.15) is 0 Å². The van der Waals surface area contributed by atoms with Crippen LogP contribution in [-0.4, -0.2) is 0 Å². The van der Waals surface area contributed by atoms with Crippen LogP contribution in [0.25, 0.3) is 109 Å². The van der Waals surface area contributed by atoms with Crippen LogP contribution in [-0.2, 0) is 5.41 Å². The lowest BCUT2D eigenvalue weighted by Crippen LogP contribution is -2.26. The van der Waals surface area contributed by atoms with Gasteiger partial charge in [0.25, 0.3) is 0 Å². The van der Waals surface area contributed by atoms with Crippen molar-refractivity contribution in [2.75, 3.05) is 0 Å².